The summed E-state index contributed by atoms with van der Waals surface area (Å²) in [6.45, 7) is 12.1. The number of benzene rings is 6. The van der Waals surface area contributed by atoms with Crippen molar-refractivity contribution in [3.05, 3.63) is 199 Å². The van der Waals surface area contributed by atoms with Crippen molar-refractivity contribution in [1.29, 1.82) is 0 Å². The summed E-state index contributed by atoms with van der Waals surface area (Å²) in [5, 5.41) is 0. The Balaban J connectivity index is 0.000000112. The first-order valence-corrected chi connectivity index (χ1v) is 16.0. The summed E-state index contributed by atoms with van der Waals surface area (Å²) in [5.41, 5.74) is 16.7. The van der Waals surface area contributed by atoms with Gasteiger partial charge in [-0.25, -0.2) is 0 Å². The van der Waals surface area contributed by atoms with Gasteiger partial charge in [0, 0.05) is 16.7 Å². The molecule has 2 heteroatoms. The summed E-state index contributed by atoms with van der Waals surface area (Å²) >= 11 is 5.46. The minimum absolute atomic E-state index is 0.0364. The van der Waals surface area contributed by atoms with E-state index in [1.54, 1.807) is 0 Å². The molecule has 0 aliphatic heterocycles. The van der Waals surface area contributed by atoms with Crippen molar-refractivity contribution in [3.8, 4) is 33.4 Å². The standard InChI is InChI=1S/C15H10O.C15H10S.C15H12/c2*1-10-11-6-2-3-7-12(11)13-8-4-5-9-14(13)15(10)16;1-11-10-12-6-2-3-8-14(12)15-9-5-4-7-13(11)15/h2*2-9H,1H2;2-9H,1,10H2. The van der Waals surface area contributed by atoms with Crippen LogP contribution in [0.25, 0.3) is 50.1 Å². The molecule has 0 unspecified atom stereocenters. The van der Waals surface area contributed by atoms with E-state index in [0.717, 1.165) is 50.2 Å². The molecular weight excluding hydrogens is 589 g/mol. The second kappa shape index (κ2) is 12.6. The van der Waals surface area contributed by atoms with Crippen LogP contribution in [-0.4, -0.2) is 10.6 Å². The zero-order valence-corrected chi connectivity index (χ0v) is 26.8. The molecule has 9 rings (SSSR count). The predicted molar refractivity (Wildman–Crippen MR) is 202 cm³/mol. The van der Waals surface area contributed by atoms with E-state index in [0.29, 0.717) is 5.57 Å². The average Bonchev–Trinajstić information content (AvgIpc) is 3.13. The van der Waals surface area contributed by atoms with Gasteiger partial charge in [-0.3, -0.25) is 4.79 Å². The van der Waals surface area contributed by atoms with E-state index in [-0.39, 0.29) is 5.78 Å². The molecule has 0 radical (unpaired) electrons. The van der Waals surface area contributed by atoms with Gasteiger partial charge in [-0.1, -0.05) is 178 Å². The summed E-state index contributed by atoms with van der Waals surface area (Å²) in [4.78, 5) is 12.9. The third-order valence-electron chi connectivity index (χ3n) is 9.00. The molecule has 0 saturated heterocycles. The van der Waals surface area contributed by atoms with Crippen LogP contribution in [0.15, 0.2) is 165 Å². The number of rotatable bonds is 0. The molecule has 224 valence electrons. The van der Waals surface area contributed by atoms with Gasteiger partial charge >= 0.3 is 0 Å². The van der Waals surface area contributed by atoms with Gasteiger partial charge in [-0.2, -0.15) is 0 Å². The molecule has 3 aliphatic rings. The first kappa shape index (κ1) is 30.0. The number of ketones is 1. The Morgan fingerprint density at radius 3 is 1.28 bits per heavy atom. The second-order valence-corrected chi connectivity index (χ2v) is 12.2. The van der Waals surface area contributed by atoms with Crippen LogP contribution in [0.1, 0.15) is 38.2 Å². The Hall–Kier alpha value is -5.70. The summed E-state index contributed by atoms with van der Waals surface area (Å²) in [5.74, 6) is 0.0364. The van der Waals surface area contributed by atoms with Crippen molar-refractivity contribution in [2.75, 3.05) is 0 Å². The molecule has 0 N–H and O–H groups in total. The number of hydrogen-bond acceptors (Lipinski definition) is 2. The van der Waals surface area contributed by atoms with Crippen LogP contribution in [0.4, 0.5) is 0 Å². The van der Waals surface area contributed by atoms with E-state index in [1.807, 2.05) is 66.7 Å². The maximum atomic E-state index is 12.1. The van der Waals surface area contributed by atoms with Crippen LogP contribution in [0.3, 0.4) is 0 Å². The maximum Gasteiger partial charge on any atom is 0.193 e. The van der Waals surface area contributed by atoms with E-state index >= 15 is 0 Å². The minimum atomic E-state index is 0.0364. The molecule has 0 bridgehead atoms. The SMILES string of the molecule is C=C1C(=O)c2ccccc2-c2ccccc21.C=C1C(=S)c2ccccc2-c2ccccc21.C=C1Cc2ccccc2-c2ccccc21. The Bertz CT molecular complexity index is 2040. The monoisotopic (exact) mass is 620 g/mol. The van der Waals surface area contributed by atoms with Gasteiger partial charge in [0.1, 0.15) is 0 Å². The van der Waals surface area contributed by atoms with E-state index in [4.69, 9.17) is 12.2 Å². The molecule has 0 amide bonds. The topological polar surface area (TPSA) is 17.1 Å². The summed E-state index contributed by atoms with van der Waals surface area (Å²) < 4.78 is 0. The lowest BCUT2D eigenvalue weighted by atomic mass is 9.82. The first-order chi connectivity index (χ1) is 22.9. The molecule has 0 fully saturated rings. The van der Waals surface area contributed by atoms with Gasteiger partial charge in [-0.15, -0.1) is 0 Å². The highest BCUT2D eigenvalue weighted by atomic mass is 32.1. The second-order valence-electron chi connectivity index (χ2n) is 11.8. The van der Waals surface area contributed by atoms with Crippen molar-refractivity contribution in [2.45, 2.75) is 6.42 Å². The Kier molecular flexibility index (Phi) is 8.03. The minimum Gasteiger partial charge on any atom is -0.289 e. The Morgan fingerprint density at radius 1 is 0.383 bits per heavy atom. The van der Waals surface area contributed by atoms with Crippen molar-refractivity contribution >= 4 is 39.6 Å². The third-order valence-corrected chi connectivity index (χ3v) is 9.46. The lowest BCUT2D eigenvalue weighted by Crippen LogP contribution is -2.10. The summed E-state index contributed by atoms with van der Waals surface area (Å²) in [6, 6.07) is 49.2. The van der Waals surface area contributed by atoms with Gasteiger partial charge in [0.25, 0.3) is 0 Å². The van der Waals surface area contributed by atoms with Crippen LogP contribution >= 0.6 is 12.2 Å². The largest absolute Gasteiger partial charge is 0.289 e. The van der Waals surface area contributed by atoms with E-state index in [1.165, 1.54) is 39.0 Å². The highest BCUT2D eigenvalue weighted by Gasteiger charge is 2.25. The van der Waals surface area contributed by atoms with E-state index in [2.05, 4.69) is 98.6 Å². The number of allylic oxidation sites excluding steroid dienone is 3. The fourth-order valence-electron chi connectivity index (χ4n) is 6.65. The van der Waals surface area contributed by atoms with Gasteiger partial charge in [0.15, 0.2) is 5.78 Å². The number of fused-ring (bicyclic) bond motifs is 9. The third kappa shape index (κ3) is 5.43. The molecule has 0 saturated carbocycles. The van der Waals surface area contributed by atoms with Crippen LogP contribution in [0.5, 0.6) is 0 Å². The van der Waals surface area contributed by atoms with Gasteiger partial charge in [0.05, 0.1) is 4.86 Å². The normalized spacial score (nSPS) is 13.2. The molecule has 0 atom stereocenters. The van der Waals surface area contributed by atoms with Crippen molar-refractivity contribution in [2.24, 2.45) is 0 Å². The van der Waals surface area contributed by atoms with Gasteiger partial charge in [-0.05, 0) is 73.2 Å². The smallest absolute Gasteiger partial charge is 0.193 e. The molecule has 6 aromatic carbocycles. The molecule has 47 heavy (non-hydrogen) atoms. The highest BCUT2D eigenvalue weighted by molar-refractivity contribution is 7.82. The van der Waals surface area contributed by atoms with Crippen LogP contribution in [0.2, 0.25) is 0 Å². The maximum absolute atomic E-state index is 12.1. The fourth-order valence-corrected chi connectivity index (χ4v) is 6.94. The Labute approximate surface area is 281 Å². The van der Waals surface area contributed by atoms with Gasteiger partial charge in [0.2, 0.25) is 0 Å². The molecule has 1 nitrogen and oxygen atoms in total. The number of Topliss-reactive ketones (excluding diaryl/α,β-unsaturated/α-hetero) is 1. The van der Waals surface area contributed by atoms with E-state index in [9.17, 15) is 4.79 Å². The van der Waals surface area contributed by atoms with E-state index < -0.39 is 0 Å². The quantitative estimate of drug-likeness (QED) is 0.124. The fraction of sp³-hybridized carbons (Fsp3) is 0.0222. The summed E-state index contributed by atoms with van der Waals surface area (Å²) in [7, 11) is 0. The van der Waals surface area contributed by atoms with Gasteiger partial charge < -0.3 is 0 Å². The Morgan fingerprint density at radius 2 is 0.723 bits per heavy atom. The number of hydrogen-bond donors (Lipinski definition) is 0. The zero-order valence-electron chi connectivity index (χ0n) is 26.0. The van der Waals surface area contributed by atoms with Crippen molar-refractivity contribution in [1.82, 2.24) is 0 Å². The summed E-state index contributed by atoms with van der Waals surface area (Å²) in [6.07, 6.45) is 0.979. The molecule has 0 aromatic heterocycles. The van der Waals surface area contributed by atoms with Crippen molar-refractivity contribution < 1.29 is 4.79 Å². The van der Waals surface area contributed by atoms with Crippen LogP contribution < -0.4 is 0 Å². The van der Waals surface area contributed by atoms with Crippen LogP contribution in [-0.2, 0) is 6.42 Å². The first-order valence-electron chi connectivity index (χ1n) is 15.6. The predicted octanol–water partition coefficient (Wildman–Crippen LogP) is 11.6. The molecule has 3 aliphatic carbocycles. The number of carbonyl (C=O) groups excluding carboxylic acids is 1. The molecular formula is C45H32OS. The molecule has 6 aromatic rings. The highest BCUT2D eigenvalue weighted by Crippen LogP contribution is 2.40. The molecule has 0 spiro atoms. The van der Waals surface area contributed by atoms with Crippen molar-refractivity contribution in [3.63, 3.8) is 0 Å². The number of carbonyl (C=O) groups is 1. The average molecular weight is 621 g/mol. The number of thiocarbonyl (C=S) groups is 1. The lowest BCUT2D eigenvalue weighted by molar-refractivity contribution is 0.105. The van der Waals surface area contributed by atoms with Crippen LogP contribution in [0, 0.1) is 0 Å². The lowest BCUT2D eigenvalue weighted by Gasteiger charge is -2.22. The molecule has 0 heterocycles. The zero-order chi connectivity index (χ0) is 32.5.